The molecule has 1 atom stereocenters. The molecule has 26 heavy (non-hydrogen) atoms. The molecule has 4 rings (SSSR count). The van der Waals surface area contributed by atoms with Crippen LogP contribution in [0.3, 0.4) is 0 Å². The van der Waals surface area contributed by atoms with E-state index in [1.165, 1.54) is 35.1 Å². The molecule has 2 N–H and O–H groups in total. The Hall–Kier alpha value is -1.76. The highest BCUT2D eigenvalue weighted by Gasteiger charge is 2.27. The molecule has 1 saturated carbocycles. The summed E-state index contributed by atoms with van der Waals surface area (Å²) in [5.74, 6) is 1.66. The first-order valence-electron chi connectivity index (χ1n) is 9.02. The van der Waals surface area contributed by atoms with E-state index in [1.54, 1.807) is 0 Å². The van der Waals surface area contributed by atoms with Crippen molar-refractivity contribution in [3.8, 4) is 16.9 Å². The van der Waals surface area contributed by atoms with Crippen molar-refractivity contribution in [3.05, 3.63) is 53.6 Å². The molecule has 1 unspecified atom stereocenters. The van der Waals surface area contributed by atoms with Crippen LogP contribution in [0.2, 0.25) is 0 Å². The molecule has 1 aliphatic heterocycles. The van der Waals surface area contributed by atoms with Gasteiger partial charge in [-0.1, -0.05) is 30.3 Å². The summed E-state index contributed by atoms with van der Waals surface area (Å²) in [6, 6.07) is 15.6. The van der Waals surface area contributed by atoms with E-state index in [2.05, 4.69) is 59.3 Å². The van der Waals surface area contributed by atoms with Crippen molar-refractivity contribution in [2.24, 2.45) is 10.7 Å². The third-order valence-electron chi connectivity index (χ3n) is 5.06. The average molecular weight is 463 g/mol. The van der Waals surface area contributed by atoms with Crippen molar-refractivity contribution < 1.29 is 4.74 Å². The standard InChI is InChI=1S/C21H25N3O.HI/c1-14-11-18-12-17(7-10-20(18)25-14)16-5-3-15(4-6-16)13-23-21(22)24(2)19-8-9-19;/h3-7,10,12,14,19H,8-9,11,13H2,1-2H3,(H2,22,23);1H. The highest BCUT2D eigenvalue weighted by Crippen LogP contribution is 2.33. The molecule has 1 fully saturated rings. The molecule has 1 aliphatic carbocycles. The lowest BCUT2D eigenvalue weighted by Crippen LogP contribution is -2.35. The molecular weight excluding hydrogens is 437 g/mol. The third-order valence-corrected chi connectivity index (χ3v) is 5.06. The second-order valence-corrected chi connectivity index (χ2v) is 7.17. The van der Waals surface area contributed by atoms with Gasteiger partial charge in [-0.15, -0.1) is 24.0 Å². The van der Waals surface area contributed by atoms with Gasteiger partial charge in [0.2, 0.25) is 0 Å². The average Bonchev–Trinajstić information content (AvgIpc) is 3.40. The number of guanidine groups is 1. The largest absolute Gasteiger partial charge is 0.490 e. The summed E-state index contributed by atoms with van der Waals surface area (Å²) in [6.45, 7) is 2.74. The van der Waals surface area contributed by atoms with Crippen LogP contribution in [-0.2, 0) is 13.0 Å². The Balaban J connectivity index is 0.00000196. The molecule has 2 aromatic rings. The first-order valence-corrected chi connectivity index (χ1v) is 9.02. The lowest BCUT2D eigenvalue weighted by atomic mass is 10.00. The van der Waals surface area contributed by atoms with E-state index in [-0.39, 0.29) is 30.1 Å². The summed E-state index contributed by atoms with van der Waals surface area (Å²) >= 11 is 0. The number of benzene rings is 2. The second kappa shape index (κ2) is 7.86. The smallest absolute Gasteiger partial charge is 0.191 e. The molecule has 1 heterocycles. The molecule has 5 heteroatoms. The number of ether oxygens (including phenoxy) is 1. The maximum atomic E-state index is 6.05. The van der Waals surface area contributed by atoms with Crippen LogP contribution in [0.25, 0.3) is 11.1 Å². The van der Waals surface area contributed by atoms with Gasteiger partial charge < -0.3 is 15.4 Å². The maximum absolute atomic E-state index is 6.05. The van der Waals surface area contributed by atoms with Gasteiger partial charge in [-0.2, -0.15) is 0 Å². The molecule has 0 aromatic heterocycles. The molecule has 0 amide bonds. The minimum atomic E-state index is 0. The van der Waals surface area contributed by atoms with Crippen molar-refractivity contribution in [2.45, 2.75) is 44.9 Å². The van der Waals surface area contributed by atoms with Crippen LogP contribution < -0.4 is 10.5 Å². The molecule has 0 radical (unpaired) electrons. The predicted octanol–water partition coefficient (Wildman–Crippen LogP) is 4.20. The van der Waals surface area contributed by atoms with E-state index in [0.29, 0.717) is 18.5 Å². The first-order chi connectivity index (χ1) is 12.1. The van der Waals surface area contributed by atoms with Gasteiger partial charge in [0.15, 0.2) is 5.96 Å². The zero-order valence-electron chi connectivity index (χ0n) is 15.3. The van der Waals surface area contributed by atoms with Gasteiger partial charge in [0, 0.05) is 19.5 Å². The third kappa shape index (κ3) is 4.14. The topological polar surface area (TPSA) is 50.8 Å². The number of hydrogen-bond acceptors (Lipinski definition) is 2. The van der Waals surface area contributed by atoms with Crippen molar-refractivity contribution in [3.63, 3.8) is 0 Å². The zero-order valence-corrected chi connectivity index (χ0v) is 17.6. The fourth-order valence-electron chi connectivity index (χ4n) is 3.34. The molecule has 2 aromatic carbocycles. The monoisotopic (exact) mass is 463 g/mol. The molecule has 4 nitrogen and oxygen atoms in total. The molecule has 2 aliphatic rings. The zero-order chi connectivity index (χ0) is 17.4. The van der Waals surface area contributed by atoms with E-state index < -0.39 is 0 Å². The van der Waals surface area contributed by atoms with Crippen molar-refractivity contribution in [2.75, 3.05) is 7.05 Å². The summed E-state index contributed by atoms with van der Waals surface area (Å²) in [5, 5.41) is 0. The summed E-state index contributed by atoms with van der Waals surface area (Å²) in [6.07, 6.45) is 3.73. The Morgan fingerprint density at radius 3 is 2.54 bits per heavy atom. The van der Waals surface area contributed by atoms with E-state index in [4.69, 9.17) is 10.5 Å². The van der Waals surface area contributed by atoms with Crippen LogP contribution in [0, 0.1) is 0 Å². The second-order valence-electron chi connectivity index (χ2n) is 7.17. The van der Waals surface area contributed by atoms with Crippen molar-refractivity contribution in [1.29, 1.82) is 0 Å². The van der Waals surface area contributed by atoms with Gasteiger partial charge >= 0.3 is 0 Å². The summed E-state index contributed by atoms with van der Waals surface area (Å²) in [4.78, 5) is 6.60. The lowest BCUT2D eigenvalue weighted by Gasteiger charge is -2.16. The van der Waals surface area contributed by atoms with E-state index in [1.807, 2.05) is 7.05 Å². The van der Waals surface area contributed by atoms with Crippen LogP contribution in [-0.4, -0.2) is 30.1 Å². The Kier molecular flexibility index (Phi) is 5.75. The van der Waals surface area contributed by atoms with Gasteiger partial charge in [-0.05, 0) is 54.2 Å². The number of nitrogens with two attached hydrogens (primary N) is 1. The van der Waals surface area contributed by atoms with Crippen molar-refractivity contribution >= 4 is 29.9 Å². The van der Waals surface area contributed by atoms with Gasteiger partial charge in [-0.3, -0.25) is 0 Å². The molecule has 0 saturated heterocycles. The van der Waals surface area contributed by atoms with E-state index in [0.717, 1.165) is 12.2 Å². The van der Waals surface area contributed by atoms with Crippen molar-refractivity contribution in [1.82, 2.24) is 4.90 Å². The molecule has 0 spiro atoms. The maximum Gasteiger partial charge on any atom is 0.191 e. The van der Waals surface area contributed by atoms with Crippen LogP contribution in [0.15, 0.2) is 47.5 Å². The Morgan fingerprint density at radius 1 is 1.15 bits per heavy atom. The highest BCUT2D eigenvalue weighted by atomic mass is 127. The summed E-state index contributed by atoms with van der Waals surface area (Å²) in [7, 11) is 2.03. The molecule has 0 bridgehead atoms. The number of halogens is 1. The van der Waals surface area contributed by atoms with Gasteiger partial charge in [0.25, 0.3) is 0 Å². The van der Waals surface area contributed by atoms with E-state index >= 15 is 0 Å². The first kappa shape index (κ1) is 19.0. The van der Waals surface area contributed by atoms with Crippen LogP contribution in [0.5, 0.6) is 5.75 Å². The van der Waals surface area contributed by atoms with Crippen LogP contribution in [0.4, 0.5) is 0 Å². The summed E-state index contributed by atoms with van der Waals surface area (Å²) in [5.41, 5.74) is 11.0. The minimum absolute atomic E-state index is 0. The SMILES string of the molecule is CC1Cc2cc(-c3ccc(CN=C(N)N(C)C4CC4)cc3)ccc2O1.I. The number of nitrogens with zero attached hydrogens (tertiary/aromatic N) is 2. The fraction of sp³-hybridized carbons (Fsp3) is 0.381. The summed E-state index contributed by atoms with van der Waals surface area (Å²) < 4.78 is 5.78. The highest BCUT2D eigenvalue weighted by molar-refractivity contribution is 14.0. The van der Waals surface area contributed by atoms with Gasteiger partial charge in [0.05, 0.1) is 6.54 Å². The Labute approximate surface area is 172 Å². The molecular formula is C21H26IN3O. The number of aliphatic imine (C=N–C) groups is 1. The minimum Gasteiger partial charge on any atom is -0.490 e. The quantitative estimate of drug-likeness (QED) is 0.420. The van der Waals surface area contributed by atoms with Gasteiger partial charge in [0.1, 0.15) is 11.9 Å². The van der Waals surface area contributed by atoms with Crippen LogP contribution >= 0.6 is 24.0 Å². The fourth-order valence-corrected chi connectivity index (χ4v) is 3.34. The number of hydrogen-bond donors (Lipinski definition) is 1. The van der Waals surface area contributed by atoms with E-state index in [9.17, 15) is 0 Å². The predicted molar refractivity (Wildman–Crippen MR) is 117 cm³/mol. The van der Waals surface area contributed by atoms with Crippen LogP contribution in [0.1, 0.15) is 30.9 Å². The lowest BCUT2D eigenvalue weighted by molar-refractivity contribution is 0.254. The Bertz CT molecular complexity index is 799. The molecule has 138 valence electrons. The Morgan fingerprint density at radius 2 is 1.85 bits per heavy atom. The number of fused-ring (bicyclic) bond motifs is 1. The van der Waals surface area contributed by atoms with Gasteiger partial charge in [-0.25, -0.2) is 4.99 Å². The normalized spacial score (nSPS) is 18.7. The number of rotatable bonds is 4.